The average Bonchev–Trinajstić information content (AvgIpc) is 3.60. The largest absolute Gasteiger partial charge is 0.494 e. The van der Waals surface area contributed by atoms with Gasteiger partial charge in [-0.3, -0.25) is 9.55 Å². The molecule has 196 valence electrons. The molecule has 0 aliphatic carbocycles. The first-order valence-electron chi connectivity index (χ1n) is 12.3. The van der Waals surface area contributed by atoms with Gasteiger partial charge in [-0.15, -0.1) is 0 Å². The van der Waals surface area contributed by atoms with E-state index in [2.05, 4.69) is 16.2 Å². The first-order valence-corrected chi connectivity index (χ1v) is 12.7. The summed E-state index contributed by atoms with van der Waals surface area (Å²) in [5.74, 6) is -0.199. The number of halogens is 1. The van der Waals surface area contributed by atoms with Crippen molar-refractivity contribution < 1.29 is 29.3 Å². The summed E-state index contributed by atoms with van der Waals surface area (Å²) in [6.45, 7) is 1.81. The lowest BCUT2D eigenvalue weighted by atomic mass is 9.76. The van der Waals surface area contributed by atoms with Gasteiger partial charge >= 0.3 is 0 Å². The number of rotatable bonds is 5. The van der Waals surface area contributed by atoms with Gasteiger partial charge in [0.25, 0.3) is 5.88 Å². The summed E-state index contributed by atoms with van der Waals surface area (Å²) in [5.41, 5.74) is 0.110. The van der Waals surface area contributed by atoms with Gasteiger partial charge in [0, 0.05) is 29.4 Å². The highest BCUT2D eigenvalue weighted by atomic mass is 35.5. The number of aliphatic hydroxyl groups excluding tert-OH is 1. The van der Waals surface area contributed by atoms with Crippen molar-refractivity contribution >= 4 is 33.5 Å². The molecule has 0 amide bonds. The molecule has 2 aliphatic heterocycles. The molecule has 0 spiro atoms. The van der Waals surface area contributed by atoms with Gasteiger partial charge in [0.1, 0.15) is 17.3 Å². The molecule has 1 saturated heterocycles. The minimum absolute atomic E-state index is 0.117. The molecule has 2 aliphatic rings. The van der Waals surface area contributed by atoms with Crippen LogP contribution in [0.3, 0.4) is 0 Å². The van der Waals surface area contributed by atoms with Gasteiger partial charge in [0.2, 0.25) is 11.8 Å². The highest BCUT2D eigenvalue weighted by molar-refractivity contribution is 6.31. The van der Waals surface area contributed by atoms with E-state index in [0.29, 0.717) is 49.3 Å². The second-order valence-electron chi connectivity index (χ2n) is 10.0. The number of ether oxygens (including phenoxy) is 2. The summed E-state index contributed by atoms with van der Waals surface area (Å²) in [6.07, 6.45) is 1.08. The molecule has 0 radical (unpaired) electrons. The zero-order valence-electron chi connectivity index (χ0n) is 20.6. The molecule has 5 aromatic rings. The third-order valence-electron chi connectivity index (χ3n) is 7.89. The third-order valence-corrected chi connectivity index (χ3v) is 8.13. The Morgan fingerprint density at radius 1 is 1.18 bits per heavy atom. The summed E-state index contributed by atoms with van der Waals surface area (Å²) in [5, 5.41) is 49.3. The summed E-state index contributed by atoms with van der Waals surface area (Å²) in [4.78, 5) is 4.33. The van der Waals surface area contributed by atoms with Gasteiger partial charge < -0.3 is 29.3 Å². The number of aliphatic hydroxyl groups is 1. The second kappa shape index (κ2) is 8.10. The SMILES string of the molecule is C[C@]12O[C@](CCOc3noc4ccc(Cl)cc34)(C[C@@H]1O)c1c2c(O)n(-c2ccc(C#N)c3ncccc23)c1O. The first kappa shape index (κ1) is 23.8. The summed E-state index contributed by atoms with van der Waals surface area (Å²) in [6, 6.07) is 13.9. The summed E-state index contributed by atoms with van der Waals surface area (Å²) >= 11 is 6.11. The number of hydrogen-bond acceptors (Lipinski definition) is 9. The molecule has 5 heterocycles. The van der Waals surface area contributed by atoms with E-state index in [-0.39, 0.29) is 37.1 Å². The van der Waals surface area contributed by atoms with Crippen LogP contribution in [0.25, 0.3) is 27.6 Å². The lowest BCUT2D eigenvalue weighted by Crippen LogP contribution is -2.33. The van der Waals surface area contributed by atoms with Gasteiger partial charge in [-0.25, -0.2) is 0 Å². The van der Waals surface area contributed by atoms with Crippen molar-refractivity contribution in [2.75, 3.05) is 6.61 Å². The molecule has 7 rings (SSSR count). The van der Waals surface area contributed by atoms with Crippen LogP contribution in [0, 0.1) is 11.3 Å². The maximum absolute atomic E-state index is 11.6. The molecule has 2 bridgehead atoms. The fourth-order valence-electron chi connectivity index (χ4n) is 6.10. The van der Waals surface area contributed by atoms with Crippen molar-refractivity contribution in [2.24, 2.45) is 0 Å². The van der Waals surface area contributed by atoms with Crippen LogP contribution in [0.5, 0.6) is 17.6 Å². The number of pyridine rings is 1. The molecule has 10 nitrogen and oxygen atoms in total. The van der Waals surface area contributed by atoms with E-state index in [1.165, 1.54) is 4.57 Å². The second-order valence-corrected chi connectivity index (χ2v) is 10.5. The van der Waals surface area contributed by atoms with Crippen molar-refractivity contribution in [1.82, 2.24) is 14.7 Å². The Hall–Kier alpha value is -4.30. The smallest absolute Gasteiger partial charge is 0.262 e. The Balaban J connectivity index is 1.30. The fourth-order valence-corrected chi connectivity index (χ4v) is 6.27. The zero-order valence-corrected chi connectivity index (χ0v) is 21.3. The lowest BCUT2D eigenvalue weighted by molar-refractivity contribution is -0.107. The van der Waals surface area contributed by atoms with Gasteiger partial charge in [0.15, 0.2) is 5.58 Å². The third kappa shape index (κ3) is 3.15. The van der Waals surface area contributed by atoms with Crippen molar-refractivity contribution in [3.63, 3.8) is 0 Å². The molecule has 0 saturated carbocycles. The molecule has 2 aromatic carbocycles. The van der Waals surface area contributed by atoms with Crippen molar-refractivity contribution in [3.05, 3.63) is 70.4 Å². The van der Waals surface area contributed by atoms with Crippen molar-refractivity contribution in [1.29, 1.82) is 5.26 Å². The van der Waals surface area contributed by atoms with Crippen LogP contribution in [-0.2, 0) is 15.9 Å². The maximum Gasteiger partial charge on any atom is 0.262 e. The molecular weight excluding hydrogens is 524 g/mol. The van der Waals surface area contributed by atoms with Crippen LogP contribution >= 0.6 is 11.6 Å². The molecule has 39 heavy (non-hydrogen) atoms. The predicted octanol–water partition coefficient (Wildman–Crippen LogP) is 4.78. The minimum atomic E-state index is -1.25. The number of hydrogen-bond donors (Lipinski definition) is 3. The quantitative estimate of drug-likeness (QED) is 0.284. The standard InChI is InChI=1S/C28H21ClN4O6/c1-27-20(34)12-28(39-27,8-10-37-24-17-11-15(29)5-7-19(17)38-32-24)22-21(27)25(35)33(26(22)36)18-6-4-14(13-30)23-16(18)3-2-9-31-23/h2-7,9,11,20,34-36H,8,10,12H2,1H3/t20-,27-,28+/m0/s1. The van der Waals surface area contributed by atoms with Gasteiger partial charge in [-0.2, -0.15) is 5.26 Å². The summed E-state index contributed by atoms with van der Waals surface area (Å²) in [7, 11) is 0. The Labute approximate surface area is 226 Å². The Kier molecular flexibility index (Phi) is 4.94. The van der Waals surface area contributed by atoms with Crippen molar-refractivity contribution in [2.45, 2.75) is 37.1 Å². The first-order chi connectivity index (χ1) is 18.8. The van der Waals surface area contributed by atoms with E-state index in [1.807, 2.05) is 0 Å². The Morgan fingerprint density at radius 2 is 2.00 bits per heavy atom. The van der Waals surface area contributed by atoms with Crippen LogP contribution in [0.4, 0.5) is 0 Å². The van der Waals surface area contributed by atoms with Crippen LogP contribution in [0.2, 0.25) is 5.02 Å². The lowest BCUT2D eigenvalue weighted by Gasteiger charge is -2.26. The van der Waals surface area contributed by atoms with Gasteiger partial charge in [-0.1, -0.05) is 11.6 Å². The van der Waals surface area contributed by atoms with E-state index in [1.54, 1.807) is 55.6 Å². The van der Waals surface area contributed by atoms with E-state index >= 15 is 0 Å². The van der Waals surface area contributed by atoms with E-state index in [0.717, 1.165) is 0 Å². The number of aromatic hydroxyl groups is 2. The molecule has 3 N–H and O–H groups in total. The highest BCUT2D eigenvalue weighted by Crippen LogP contribution is 2.65. The van der Waals surface area contributed by atoms with E-state index < -0.39 is 17.3 Å². The number of benzene rings is 2. The average molecular weight is 545 g/mol. The minimum Gasteiger partial charge on any atom is -0.494 e. The monoisotopic (exact) mass is 544 g/mol. The van der Waals surface area contributed by atoms with E-state index in [4.69, 9.17) is 25.6 Å². The molecule has 0 unspecified atom stereocenters. The predicted molar refractivity (Wildman–Crippen MR) is 139 cm³/mol. The van der Waals surface area contributed by atoms with Crippen LogP contribution in [-0.4, -0.2) is 42.7 Å². The Morgan fingerprint density at radius 3 is 2.82 bits per heavy atom. The number of nitriles is 1. The molecule has 11 heteroatoms. The normalized spacial score (nSPS) is 23.4. The highest BCUT2D eigenvalue weighted by Gasteiger charge is 2.66. The van der Waals surface area contributed by atoms with Crippen molar-refractivity contribution in [3.8, 4) is 29.4 Å². The summed E-state index contributed by atoms with van der Waals surface area (Å²) < 4.78 is 18.9. The van der Waals surface area contributed by atoms with E-state index in [9.17, 15) is 20.6 Å². The molecule has 3 atom stereocenters. The maximum atomic E-state index is 11.6. The topological polar surface area (TPSA) is 147 Å². The number of nitrogens with zero attached hydrogens (tertiary/aromatic N) is 4. The molecular formula is C28H21ClN4O6. The molecule has 1 fully saturated rings. The van der Waals surface area contributed by atoms with Gasteiger partial charge in [-0.05, 0) is 54.5 Å². The van der Waals surface area contributed by atoms with Crippen LogP contribution in [0.15, 0.2) is 53.2 Å². The Bertz CT molecular complexity index is 1860. The van der Waals surface area contributed by atoms with Gasteiger partial charge in [0.05, 0.1) is 46.0 Å². The number of aromatic nitrogens is 3. The van der Waals surface area contributed by atoms with Crippen LogP contribution < -0.4 is 4.74 Å². The van der Waals surface area contributed by atoms with Crippen LogP contribution in [0.1, 0.15) is 36.5 Å². The number of fused-ring (bicyclic) bond motifs is 7. The molecule has 3 aromatic heterocycles. The fraction of sp³-hybridized carbons (Fsp3) is 0.250. The zero-order chi connectivity index (χ0) is 27.1.